The van der Waals surface area contributed by atoms with Gasteiger partial charge in [-0.1, -0.05) is 20.3 Å². The average molecular weight is 220 g/mol. The number of nitrogens with two attached hydrogens (primary N) is 1. The summed E-state index contributed by atoms with van der Waals surface area (Å²) in [5, 5.41) is 0. The lowest BCUT2D eigenvalue weighted by Crippen LogP contribution is -2.28. The van der Waals surface area contributed by atoms with Gasteiger partial charge in [-0.05, 0) is 43.5 Å². The minimum absolute atomic E-state index is 0.752. The minimum Gasteiger partial charge on any atom is -0.399 e. The van der Waals surface area contributed by atoms with Crippen molar-refractivity contribution in [3.05, 3.63) is 24.3 Å². The molecule has 0 heterocycles. The Morgan fingerprint density at radius 2 is 1.81 bits per heavy atom. The monoisotopic (exact) mass is 220 g/mol. The summed E-state index contributed by atoms with van der Waals surface area (Å²) < 4.78 is 0. The van der Waals surface area contributed by atoms with E-state index in [9.17, 15) is 0 Å². The summed E-state index contributed by atoms with van der Waals surface area (Å²) in [4.78, 5) is 2.42. The summed E-state index contributed by atoms with van der Waals surface area (Å²) in [7, 11) is 0. The van der Waals surface area contributed by atoms with E-state index in [4.69, 9.17) is 5.73 Å². The first-order valence-electron chi connectivity index (χ1n) is 6.27. The van der Waals surface area contributed by atoms with Crippen molar-refractivity contribution in [2.24, 2.45) is 5.92 Å². The zero-order chi connectivity index (χ0) is 12.0. The second kappa shape index (κ2) is 6.41. The maximum absolute atomic E-state index is 5.70. The average Bonchev–Trinajstić information content (AvgIpc) is 2.27. The quantitative estimate of drug-likeness (QED) is 0.743. The van der Waals surface area contributed by atoms with Crippen molar-refractivity contribution in [3.8, 4) is 0 Å². The van der Waals surface area contributed by atoms with Gasteiger partial charge >= 0.3 is 0 Å². The molecule has 0 aromatic heterocycles. The fourth-order valence-electron chi connectivity index (χ4n) is 2.06. The molecule has 0 aliphatic carbocycles. The predicted molar refractivity (Wildman–Crippen MR) is 72.8 cm³/mol. The first-order valence-corrected chi connectivity index (χ1v) is 6.27. The highest BCUT2D eigenvalue weighted by molar-refractivity contribution is 5.53. The van der Waals surface area contributed by atoms with Crippen LogP contribution in [-0.2, 0) is 0 Å². The van der Waals surface area contributed by atoms with Crippen molar-refractivity contribution in [1.29, 1.82) is 0 Å². The first kappa shape index (κ1) is 12.9. The van der Waals surface area contributed by atoms with E-state index >= 15 is 0 Å². The van der Waals surface area contributed by atoms with Gasteiger partial charge in [-0.25, -0.2) is 0 Å². The number of anilines is 2. The van der Waals surface area contributed by atoms with Gasteiger partial charge < -0.3 is 10.6 Å². The molecule has 0 aliphatic rings. The molecule has 0 radical (unpaired) electrons. The summed E-state index contributed by atoms with van der Waals surface area (Å²) in [6.45, 7) is 8.96. The highest BCUT2D eigenvalue weighted by Gasteiger charge is 2.08. The van der Waals surface area contributed by atoms with Gasteiger partial charge in [0.1, 0.15) is 0 Å². The molecule has 2 N–H and O–H groups in total. The lowest BCUT2D eigenvalue weighted by Gasteiger charge is -2.26. The molecular weight excluding hydrogens is 196 g/mol. The Morgan fingerprint density at radius 1 is 1.19 bits per heavy atom. The Bertz CT molecular complexity index is 292. The summed E-state index contributed by atoms with van der Waals surface area (Å²) >= 11 is 0. The van der Waals surface area contributed by atoms with E-state index in [1.54, 1.807) is 0 Å². The molecule has 0 fully saturated rings. The molecule has 0 spiro atoms. The molecule has 2 heteroatoms. The van der Waals surface area contributed by atoms with Crippen molar-refractivity contribution in [2.75, 3.05) is 23.7 Å². The van der Waals surface area contributed by atoms with Gasteiger partial charge in [-0.2, -0.15) is 0 Å². The molecule has 1 aromatic carbocycles. The van der Waals surface area contributed by atoms with Gasteiger partial charge in [-0.15, -0.1) is 0 Å². The molecular formula is C14H24N2. The third-order valence-corrected chi connectivity index (χ3v) is 2.95. The normalized spacial score (nSPS) is 12.4. The zero-order valence-corrected chi connectivity index (χ0v) is 10.7. The third-order valence-electron chi connectivity index (χ3n) is 2.95. The van der Waals surface area contributed by atoms with Gasteiger partial charge in [0.2, 0.25) is 0 Å². The molecule has 90 valence electrons. The number of nitrogens with zero attached hydrogens (tertiary/aromatic N) is 1. The van der Waals surface area contributed by atoms with Gasteiger partial charge in [0.25, 0.3) is 0 Å². The Labute approximate surface area is 99.5 Å². The van der Waals surface area contributed by atoms with Crippen LogP contribution >= 0.6 is 0 Å². The molecule has 0 saturated carbocycles. The standard InChI is InChI=1S/C14H24N2/c1-4-6-12(3)11-16(5-2)14-9-7-13(15)8-10-14/h7-10,12H,4-6,11,15H2,1-3H3. The summed E-state index contributed by atoms with van der Waals surface area (Å²) in [5.41, 5.74) is 7.81. The van der Waals surface area contributed by atoms with Crippen LogP contribution in [0.3, 0.4) is 0 Å². The van der Waals surface area contributed by atoms with Crippen molar-refractivity contribution < 1.29 is 0 Å². The molecule has 16 heavy (non-hydrogen) atoms. The van der Waals surface area contributed by atoms with E-state index in [0.717, 1.165) is 24.7 Å². The number of hydrogen-bond acceptors (Lipinski definition) is 2. The van der Waals surface area contributed by atoms with Crippen molar-refractivity contribution in [3.63, 3.8) is 0 Å². The predicted octanol–water partition coefficient (Wildman–Crippen LogP) is 3.53. The van der Waals surface area contributed by atoms with Crippen LogP contribution in [0.4, 0.5) is 11.4 Å². The van der Waals surface area contributed by atoms with Crippen LogP contribution in [0, 0.1) is 5.92 Å². The molecule has 0 aliphatic heterocycles. The van der Waals surface area contributed by atoms with E-state index < -0.39 is 0 Å². The van der Waals surface area contributed by atoms with Crippen LogP contribution in [0.5, 0.6) is 0 Å². The Morgan fingerprint density at radius 3 is 2.31 bits per heavy atom. The Hall–Kier alpha value is -1.18. The molecule has 2 nitrogen and oxygen atoms in total. The lowest BCUT2D eigenvalue weighted by molar-refractivity contribution is 0.515. The number of benzene rings is 1. The second-order valence-corrected chi connectivity index (χ2v) is 4.52. The first-order chi connectivity index (χ1) is 7.67. The van der Waals surface area contributed by atoms with Gasteiger partial charge in [0, 0.05) is 24.5 Å². The smallest absolute Gasteiger partial charge is 0.0367 e. The number of rotatable bonds is 6. The number of hydrogen-bond donors (Lipinski definition) is 1. The van der Waals surface area contributed by atoms with Gasteiger partial charge in [0.15, 0.2) is 0 Å². The van der Waals surface area contributed by atoms with Crippen LogP contribution < -0.4 is 10.6 Å². The molecule has 1 atom stereocenters. The topological polar surface area (TPSA) is 29.3 Å². The SMILES string of the molecule is CCCC(C)CN(CC)c1ccc(N)cc1. The summed E-state index contributed by atoms with van der Waals surface area (Å²) in [5.74, 6) is 0.752. The highest BCUT2D eigenvalue weighted by Crippen LogP contribution is 2.18. The van der Waals surface area contributed by atoms with Gasteiger partial charge in [0.05, 0.1) is 0 Å². The maximum atomic E-state index is 5.70. The molecule has 1 aromatic rings. The Balaban J connectivity index is 2.63. The minimum atomic E-state index is 0.752. The van der Waals surface area contributed by atoms with E-state index in [1.807, 2.05) is 12.1 Å². The molecule has 1 unspecified atom stereocenters. The van der Waals surface area contributed by atoms with E-state index in [0.29, 0.717) is 0 Å². The Kier molecular flexibility index (Phi) is 5.17. The second-order valence-electron chi connectivity index (χ2n) is 4.52. The molecule has 0 amide bonds. The van der Waals surface area contributed by atoms with Crippen LogP contribution in [-0.4, -0.2) is 13.1 Å². The third kappa shape index (κ3) is 3.76. The van der Waals surface area contributed by atoms with E-state index in [-0.39, 0.29) is 0 Å². The van der Waals surface area contributed by atoms with Crippen LogP contribution in [0.1, 0.15) is 33.6 Å². The highest BCUT2D eigenvalue weighted by atomic mass is 15.1. The van der Waals surface area contributed by atoms with Gasteiger partial charge in [-0.3, -0.25) is 0 Å². The van der Waals surface area contributed by atoms with E-state index in [1.165, 1.54) is 18.5 Å². The molecule has 0 saturated heterocycles. The zero-order valence-electron chi connectivity index (χ0n) is 10.7. The van der Waals surface area contributed by atoms with Crippen LogP contribution in [0.25, 0.3) is 0 Å². The lowest BCUT2D eigenvalue weighted by atomic mass is 10.1. The largest absolute Gasteiger partial charge is 0.399 e. The maximum Gasteiger partial charge on any atom is 0.0367 e. The summed E-state index contributed by atoms with van der Waals surface area (Å²) in [6.07, 6.45) is 2.56. The van der Waals surface area contributed by atoms with Crippen LogP contribution in [0.2, 0.25) is 0 Å². The van der Waals surface area contributed by atoms with Crippen molar-refractivity contribution >= 4 is 11.4 Å². The van der Waals surface area contributed by atoms with E-state index in [2.05, 4.69) is 37.8 Å². The number of nitrogen functional groups attached to an aromatic ring is 1. The van der Waals surface area contributed by atoms with Crippen LogP contribution in [0.15, 0.2) is 24.3 Å². The van der Waals surface area contributed by atoms with Crippen molar-refractivity contribution in [2.45, 2.75) is 33.6 Å². The molecule has 1 rings (SSSR count). The summed E-state index contributed by atoms with van der Waals surface area (Å²) in [6, 6.07) is 8.17. The van der Waals surface area contributed by atoms with Crippen molar-refractivity contribution in [1.82, 2.24) is 0 Å². The molecule has 0 bridgehead atoms. The fourth-order valence-corrected chi connectivity index (χ4v) is 2.06. The fraction of sp³-hybridized carbons (Fsp3) is 0.571.